The highest BCUT2D eigenvalue weighted by Crippen LogP contribution is 2.37. The van der Waals surface area contributed by atoms with E-state index in [0.29, 0.717) is 5.56 Å². The lowest BCUT2D eigenvalue weighted by Crippen LogP contribution is -2.43. The minimum absolute atomic E-state index is 0.112. The molecular weight excluding hydrogens is 284 g/mol. The second-order valence-electron chi connectivity index (χ2n) is 7.23. The smallest absolute Gasteiger partial charge is 0.306 e. The predicted octanol–water partition coefficient (Wildman–Crippen LogP) is 3.75. The molecule has 0 heterocycles. The number of rotatable bonds is 5. The van der Waals surface area contributed by atoms with Crippen molar-refractivity contribution < 1.29 is 19.4 Å². The molecule has 0 unspecified atom stereocenters. The van der Waals surface area contributed by atoms with Gasteiger partial charge in [-0.05, 0) is 42.8 Å². The Labute approximate surface area is 127 Å². The van der Waals surface area contributed by atoms with E-state index in [9.17, 15) is 9.90 Å². The summed E-state index contributed by atoms with van der Waals surface area (Å²) in [6.45, 7) is 12.4. The monoisotopic (exact) mass is 310 g/mol. The van der Waals surface area contributed by atoms with Crippen LogP contribution in [0.3, 0.4) is 0 Å². The maximum absolute atomic E-state index is 10.8. The summed E-state index contributed by atoms with van der Waals surface area (Å²) in [5.41, 5.74) is -0.797. The fraction of sp³-hybridized carbons (Fsp3) is 0.562. The molecule has 4 nitrogen and oxygen atoms in total. The van der Waals surface area contributed by atoms with Gasteiger partial charge in [0.05, 0.1) is 12.0 Å². The first kappa shape index (κ1) is 17.7. The van der Waals surface area contributed by atoms with Gasteiger partial charge in [-0.25, -0.2) is 0 Å². The molecule has 0 aliphatic heterocycles. The summed E-state index contributed by atoms with van der Waals surface area (Å²) in [5, 5.41) is 19.1. The highest BCUT2D eigenvalue weighted by molar-refractivity contribution is 6.74. The summed E-state index contributed by atoms with van der Waals surface area (Å²) in [5.74, 6) is -0.266. The third-order valence-electron chi connectivity index (χ3n) is 4.15. The number of carbonyl (C=O) groups is 1. The van der Waals surface area contributed by atoms with Gasteiger partial charge in [-0.3, -0.25) is 4.79 Å². The Balaban J connectivity index is 2.91. The lowest BCUT2D eigenvalue weighted by atomic mass is 9.93. The molecule has 0 aliphatic carbocycles. The van der Waals surface area contributed by atoms with Gasteiger partial charge in [0.25, 0.3) is 0 Å². The Morgan fingerprint density at radius 2 is 1.62 bits per heavy atom. The lowest BCUT2D eigenvalue weighted by Gasteiger charge is -2.36. The maximum Gasteiger partial charge on any atom is 0.306 e. The van der Waals surface area contributed by atoms with Crippen LogP contribution in [0, 0.1) is 0 Å². The molecule has 0 saturated carbocycles. The van der Waals surface area contributed by atoms with Crippen LogP contribution in [0.5, 0.6) is 5.75 Å². The van der Waals surface area contributed by atoms with Crippen LogP contribution in [0.1, 0.15) is 39.7 Å². The van der Waals surface area contributed by atoms with Crippen LogP contribution in [0.2, 0.25) is 18.1 Å². The molecule has 5 heteroatoms. The zero-order chi connectivity index (χ0) is 16.5. The third-order valence-corrected chi connectivity index (χ3v) is 8.51. The zero-order valence-corrected chi connectivity index (χ0v) is 14.7. The van der Waals surface area contributed by atoms with Crippen LogP contribution in [-0.2, 0) is 10.4 Å². The molecule has 1 atom stereocenters. The van der Waals surface area contributed by atoms with Gasteiger partial charge in [-0.1, -0.05) is 32.9 Å². The SMILES string of the molecule is CC(C)(C)[Si](C)(C)Oc1ccc([C@@](C)(O)CC(=O)O)cc1. The van der Waals surface area contributed by atoms with Crippen molar-refractivity contribution in [3.63, 3.8) is 0 Å². The minimum atomic E-state index is -1.89. The van der Waals surface area contributed by atoms with Crippen LogP contribution in [0.4, 0.5) is 0 Å². The molecule has 21 heavy (non-hydrogen) atoms. The van der Waals surface area contributed by atoms with Crippen LogP contribution in [0.15, 0.2) is 24.3 Å². The molecule has 0 amide bonds. The van der Waals surface area contributed by atoms with E-state index in [1.165, 1.54) is 6.92 Å². The molecule has 0 aromatic heterocycles. The number of carboxylic acid groups (broad SMARTS) is 1. The van der Waals surface area contributed by atoms with E-state index < -0.39 is 19.9 Å². The lowest BCUT2D eigenvalue weighted by molar-refractivity contribution is -0.142. The molecule has 0 aliphatic rings. The van der Waals surface area contributed by atoms with E-state index in [-0.39, 0.29) is 11.5 Å². The first-order valence-electron chi connectivity index (χ1n) is 7.09. The quantitative estimate of drug-likeness (QED) is 0.813. The Hall–Kier alpha value is -1.33. The first-order valence-corrected chi connectivity index (χ1v) is 10.00. The Morgan fingerprint density at radius 3 is 2.00 bits per heavy atom. The number of hydrogen-bond donors (Lipinski definition) is 2. The van der Waals surface area contributed by atoms with Crippen molar-refractivity contribution >= 4 is 14.3 Å². The average Bonchev–Trinajstić information content (AvgIpc) is 2.25. The van der Waals surface area contributed by atoms with Gasteiger partial charge < -0.3 is 14.6 Å². The van der Waals surface area contributed by atoms with E-state index >= 15 is 0 Å². The van der Waals surface area contributed by atoms with E-state index in [4.69, 9.17) is 9.53 Å². The number of aliphatic carboxylic acids is 1. The zero-order valence-electron chi connectivity index (χ0n) is 13.7. The van der Waals surface area contributed by atoms with Gasteiger partial charge in [-0.15, -0.1) is 0 Å². The van der Waals surface area contributed by atoms with Crippen molar-refractivity contribution in [2.24, 2.45) is 0 Å². The summed E-state index contributed by atoms with van der Waals surface area (Å²) < 4.78 is 6.16. The van der Waals surface area contributed by atoms with Crippen molar-refractivity contribution in [1.82, 2.24) is 0 Å². The minimum Gasteiger partial charge on any atom is -0.544 e. The molecular formula is C16H26O4Si. The fourth-order valence-electron chi connectivity index (χ4n) is 1.73. The van der Waals surface area contributed by atoms with E-state index in [1.807, 2.05) is 0 Å². The van der Waals surface area contributed by atoms with Gasteiger partial charge >= 0.3 is 5.97 Å². The van der Waals surface area contributed by atoms with Crippen molar-refractivity contribution in [2.75, 3.05) is 0 Å². The topological polar surface area (TPSA) is 66.8 Å². The molecule has 0 spiro atoms. The number of hydrogen-bond acceptors (Lipinski definition) is 3. The Kier molecular flexibility index (Phi) is 4.90. The number of aliphatic hydroxyl groups is 1. The normalized spacial score (nSPS) is 15.4. The standard InChI is InChI=1S/C16H26O4Si/c1-15(2,3)21(5,6)20-13-9-7-12(8-10-13)16(4,19)11-14(17)18/h7-10,19H,11H2,1-6H3,(H,17,18)/t16-/m0/s1. The molecule has 1 rings (SSSR count). The van der Waals surface area contributed by atoms with Crippen LogP contribution in [-0.4, -0.2) is 24.5 Å². The highest BCUT2D eigenvalue weighted by Gasteiger charge is 2.39. The van der Waals surface area contributed by atoms with Gasteiger partial charge in [0.2, 0.25) is 8.32 Å². The Bertz CT molecular complexity index is 498. The summed E-state index contributed by atoms with van der Waals surface area (Å²) in [6, 6.07) is 7.05. The number of benzene rings is 1. The first-order chi connectivity index (χ1) is 9.35. The van der Waals surface area contributed by atoms with Crippen molar-refractivity contribution in [2.45, 2.75) is 57.8 Å². The molecule has 2 N–H and O–H groups in total. The van der Waals surface area contributed by atoms with Gasteiger partial charge in [0, 0.05) is 0 Å². The Morgan fingerprint density at radius 1 is 1.14 bits per heavy atom. The second kappa shape index (κ2) is 5.81. The van der Waals surface area contributed by atoms with E-state index in [1.54, 1.807) is 24.3 Å². The van der Waals surface area contributed by atoms with Gasteiger partial charge in [0.1, 0.15) is 5.75 Å². The third kappa shape index (κ3) is 4.57. The molecule has 0 radical (unpaired) electrons. The summed E-state index contributed by atoms with van der Waals surface area (Å²) in [6.07, 6.45) is -0.324. The number of carboxylic acids is 1. The average molecular weight is 310 g/mol. The molecule has 1 aromatic rings. The second-order valence-corrected chi connectivity index (χ2v) is 12.0. The highest BCUT2D eigenvalue weighted by atomic mass is 28.4. The van der Waals surface area contributed by atoms with Crippen LogP contribution < -0.4 is 4.43 Å². The van der Waals surface area contributed by atoms with Crippen LogP contribution >= 0.6 is 0 Å². The van der Waals surface area contributed by atoms with Crippen LogP contribution in [0.25, 0.3) is 0 Å². The van der Waals surface area contributed by atoms with Crippen molar-refractivity contribution in [1.29, 1.82) is 0 Å². The fourth-order valence-corrected chi connectivity index (χ4v) is 2.76. The molecule has 0 fully saturated rings. The maximum atomic E-state index is 10.8. The summed E-state index contributed by atoms with van der Waals surface area (Å²) in [7, 11) is -1.89. The van der Waals surface area contributed by atoms with Gasteiger partial charge in [0.15, 0.2) is 0 Å². The largest absolute Gasteiger partial charge is 0.544 e. The van der Waals surface area contributed by atoms with Crippen molar-refractivity contribution in [3.05, 3.63) is 29.8 Å². The molecule has 0 saturated heterocycles. The predicted molar refractivity (Wildman–Crippen MR) is 86.1 cm³/mol. The molecule has 1 aromatic carbocycles. The van der Waals surface area contributed by atoms with E-state index in [2.05, 4.69) is 33.9 Å². The van der Waals surface area contributed by atoms with Crippen molar-refractivity contribution in [3.8, 4) is 5.75 Å². The molecule has 0 bridgehead atoms. The van der Waals surface area contributed by atoms with E-state index in [0.717, 1.165) is 5.75 Å². The van der Waals surface area contributed by atoms with Gasteiger partial charge in [-0.2, -0.15) is 0 Å². The molecule has 118 valence electrons. The summed E-state index contributed by atoms with van der Waals surface area (Å²) in [4.78, 5) is 10.8. The summed E-state index contributed by atoms with van der Waals surface area (Å²) >= 11 is 0.